The van der Waals surface area contributed by atoms with Gasteiger partial charge in [0.1, 0.15) is 0 Å². The van der Waals surface area contributed by atoms with Gasteiger partial charge in [-0.15, -0.1) is 0 Å². The van der Waals surface area contributed by atoms with E-state index in [2.05, 4.69) is 17.3 Å². The Labute approximate surface area is 85.3 Å². The molecule has 4 nitrogen and oxygen atoms in total. The minimum Gasteiger partial charge on any atom is -0.380 e. The summed E-state index contributed by atoms with van der Waals surface area (Å²) in [6.07, 6.45) is 1.95. The van der Waals surface area contributed by atoms with E-state index in [4.69, 9.17) is 4.74 Å². The van der Waals surface area contributed by atoms with Crippen LogP contribution in [0.1, 0.15) is 19.5 Å². The first-order chi connectivity index (χ1) is 6.72. The summed E-state index contributed by atoms with van der Waals surface area (Å²) < 4.78 is 7.11. The molecule has 1 atom stereocenters. The maximum absolute atomic E-state index is 5.30. The molecule has 0 aliphatic heterocycles. The van der Waals surface area contributed by atoms with Crippen molar-refractivity contribution in [2.45, 2.75) is 26.4 Å². The van der Waals surface area contributed by atoms with Crippen molar-refractivity contribution in [2.75, 3.05) is 13.2 Å². The van der Waals surface area contributed by atoms with Crippen LogP contribution in [0.5, 0.6) is 0 Å². The molecular weight excluding hydrogens is 178 g/mol. The van der Waals surface area contributed by atoms with Gasteiger partial charge in [0.2, 0.25) is 0 Å². The van der Waals surface area contributed by atoms with Crippen molar-refractivity contribution in [3.05, 3.63) is 18.0 Å². The van der Waals surface area contributed by atoms with E-state index >= 15 is 0 Å². The van der Waals surface area contributed by atoms with Crippen LogP contribution in [0.15, 0.2) is 12.3 Å². The van der Waals surface area contributed by atoms with Crippen LogP contribution < -0.4 is 5.32 Å². The van der Waals surface area contributed by atoms with E-state index in [0.29, 0.717) is 6.04 Å². The summed E-state index contributed by atoms with van der Waals surface area (Å²) in [5, 5.41) is 7.62. The van der Waals surface area contributed by atoms with E-state index in [-0.39, 0.29) is 0 Å². The molecule has 1 aromatic rings. The number of aryl methyl sites for hydroxylation is 1. The molecule has 0 fully saturated rings. The topological polar surface area (TPSA) is 39.1 Å². The SMILES string of the molecule is CCOCC(C)NCc1ccn(C)n1. The first-order valence-corrected chi connectivity index (χ1v) is 5.02. The smallest absolute Gasteiger partial charge is 0.0762 e. The lowest BCUT2D eigenvalue weighted by molar-refractivity contribution is 0.127. The van der Waals surface area contributed by atoms with Crippen molar-refractivity contribution in [3.8, 4) is 0 Å². The van der Waals surface area contributed by atoms with E-state index in [1.54, 1.807) is 0 Å². The molecule has 1 aromatic heterocycles. The average molecular weight is 197 g/mol. The highest BCUT2D eigenvalue weighted by atomic mass is 16.5. The fourth-order valence-electron chi connectivity index (χ4n) is 1.19. The second kappa shape index (κ2) is 5.78. The van der Waals surface area contributed by atoms with Crippen LogP contribution >= 0.6 is 0 Å². The molecule has 0 saturated heterocycles. The van der Waals surface area contributed by atoms with Crippen molar-refractivity contribution in [3.63, 3.8) is 0 Å². The van der Waals surface area contributed by atoms with Gasteiger partial charge in [0.05, 0.1) is 12.3 Å². The van der Waals surface area contributed by atoms with Crippen LogP contribution in [0.2, 0.25) is 0 Å². The minimum atomic E-state index is 0.372. The maximum atomic E-state index is 5.30. The first-order valence-electron chi connectivity index (χ1n) is 5.02. The highest BCUT2D eigenvalue weighted by molar-refractivity contribution is 4.98. The third kappa shape index (κ3) is 3.89. The monoisotopic (exact) mass is 197 g/mol. The van der Waals surface area contributed by atoms with Crippen LogP contribution in [0.25, 0.3) is 0 Å². The van der Waals surface area contributed by atoms with Crippen molar-refractivity contribution < 1.29 is 4.74 Å². The van der Waals surface area contributed by atoms with E-state index < -0.39 is 0 Å². The summed E-state index contributed by atoms with van der Waals surface area (Å²) >= 11 is 0. The standard InChI is InChI=1S/C10H19N3O/c1-4-14-8-9(2)11-7-10-5-6-13(3)12-10/h5-6,9,11H,4,7-8H2,1-3H3. The Morgan fingerprint density at radius 3 is 3.00 bits per heavy atom. The van der Waals surface area contributed by atoms with Gasteiger partial charge < -0.3 is 10.1 Å². The Balaban J connectivity index is 2.20. The van der Waals surface area contributed by atoms with Crippen LogP contribution in [-0.2, 0) is 18.3 Å². The fourth-order valence-corrected chi connectivity index (χ4v) is 1.19. The van der Waals surface area contributed by atoms with Crippen LogP contribution in [0.4, 0.5) is 0 Å². The first kappa shape index (κ1) is 11.2. The van der Waals surface area contributed by atoms with Gasteiger partial charge in [-0.25, -0.2) is 0 Å². The second-order valence-electron chi connectivity index (χ2n) is 3.42. The molecule has 4 heteroatoms. The second-order valence-corrected chi connectivity index (χ2v) is 3.42. The van der Waals surface area contributed by atoms with Gasteiger partial charge in [-0.1, -0.05) is 0 Å². The lowest BCUT2D eigenvalue weighted by atomic mass is 10.3. The predicted octanol–water partition coefficient (Wildman–Crippen LogP) is 0.935. The number of ether oxygens (including phenoxy) is 1. The molecule has 1 N–H and O–H groups in total. The Bertz CT molecular complexity index is 260. The van der Waals surface area contributed by atoms with Crippen molar-refractivity contribution >= 4 is 0 Å². The number of hydrogen-bond acceptors (Lipinski definition) is 3. The molecule has 0 saturated carbocycles. The van der Waals surface area contributed by atoms with E-state index in [1.165, 1.54) is 0 Å². The Kier molecular flexibility index (Phi) is 4.62. The zero-order valence-electron chi connectivity index (χ0n) is 9.16. The van der Waals surface area contributed by atoms with Crippen LogP contribution in [-0.4, -0.2) is 29.0 Å². The Hall–Kier alpha value is -0.870. The highest BCUT2D eigenvalue weighted by Gasteiger charge is 2.02. The molecule has 80 valence electrons. The summed E-state index contributed by atoms with van der Waals surface area (Å²) in [5.41, 5.74) is 1.07. The molecule has 14 heavy (non-hydrogen) atoms. The summed E-state index contributed by atoms with van der Waals surface area (Å²) in [4.78, 5) is 0. The number of nitrogens with zero attached hydrogens (tertiary/aromatic N) is 2. The molecule has 1 rings (SSSR count). The normalized spacial score (nSPS) is 13.1. The van der Waals surface area contributed by atoms with Gasteiger partial charge in [-0.3, -0.25) is 4.68 Å². The lowest BCUT2D eigenvalue weighted by Crippen LogP contribution is -2.30. The molecule has 0 aliphatic rings. The number of rotatable bonds is 6. The van der Waals surface area contributed by atoms with Gasteiger partial charge in [0.15, 0.2) is 0 Å². The molecule has 0 bridgehead atoms. The zero-order valence-corrected chi connectivity index (χ0v) is 9.16. The average Bonchev–Trinajstić information content (AvgIpc) is 2.58. The van der Waals surface area contributed by atoms with Crippen molar-refractivity contribution in [2.24, 2.45) is 7.05 Å². The van der Waals surface area contributed by atoms with Crippen LogP contribution in [0.3, 0.4) is 0 Å². The van der Waals surface area contributed by atoms with E-state index in [1.807, 2.05) is 30.9 Å². The fraction of sp³-hybridized carbons (Fsp3) is 0.700. The minimum absolute atomic E-state index is 0.372. The molecule has 0 radical (unpaired) electrons. The van der Waals surface area contributed by atoms with Crippen molar-refractivity contribution in [1.29, 1.82) is 0 Å². The summed E-state index contributed by atoms with van der Waals surface area (Å²) in [6, 6.07) is 2.39. The van der Waals surface area contributed by atoms with E-state index in [0.717, 1.165) is 25.5 Å². The Morgan fingerprint density at radius 1 is 1.64 bits per heavy atom. The summed E-state index contributed by atoms with van der Waals surface area (Å²) in [7, 11) is 1.92. The van der Waals surface area contributed by atoms with Gasteiger partial charge in [0.25, 0.3) is 0 Å². The van der Waals surface area contributed by atoms with Crippen molar-refractivity contribution in [1.82, 2.24) is 15.1 Å². The number of aromatic nitrogens is 2. The molecule has 0 spiro atoms. The molecule has 1 unspecified atom stereocenters. The third-order valence-corrected chi connectivity index (χ3v) is 1.97. The van der Waals surface area contributed by atoms with E-state index in [9.17, 15) is 0 Å². The third-order valence-electron chi connectivity index (χ3n) is 1.97. The molecule has 1 heterocycles. The van der Waals surface area contributed by atoms with Gasteiger partial charge in [-0.2, -0.15) is 5.10 Å². The predicted molar refractivity (Wildman–Crippen MR) is 56.0 cm³/mol. The highest BCUT2D eigenvalue weighted by Crippen LogP contribution is 1.94. The van der Waals surface area contributed by atoms with Crippen LogP contribution in [0, 0.1) is 0 Å². The van der Waals surface area contributed by atoms with Gasteiger partial charge >= 0.3 is 0 Å². The maximum Gasteiger partial charge on any atom is 0.0762 e. The number of hydrogen-bond donors (Lipinski definition) is 1. The zero-order chi connectivity index (χ0) is 10.4. The summed E-state index contributed by atoms with van der Waals surface area (Å²) in [6.45, 7) is 6.44. The summed E-state index contributed by atoms with van der Waals surface area (Å²) in [5.74, 6) is 0. The quantitative estimate of drug-likeness (QED) is 0.737. The lowest BCUT2D eigenvalue weighted by Gasteiger charge is -2.12. The number of nitrogens with one attached hydrogen (secondary N) is 1. The molecule has 0 aromatic carbocycles. The Morgan fingerprint density at radius 2 is 2.43 bits per heavy atom. The molecule has 0 aliphatic carbocycles. The van der Waals surface area contributed by atoms with Gasteiger partial charge in [-0.05, 0) is 19.9 Å². The van der Waals surface area contributed by atoms with Gasteiger partial charge in [0, 0.05) is 32.4 Å². The largest absolute Gasteiger partial charge is 0.380 e. The molecular formula is C10H19N3O. The molecule has 0 amide bonds.